The number of hydrogen-bond acceptors (Lipinski definition) is 2. The smallest absolute Gasteiger partial charge is 0.314 e. The molecule has 1 aliphatic rings. The van der Waals surface area contributed by atoms with E-state index in [0.717, 1.165) is 0 Å². The first-order chi connectivity index (χ1) is 7.07. The number of rotatable bonds is 2. The predicted molar refractivity (Wildman–Crippen MR) is 54.3 cm³/mol. The average molecular weight is 208 g/mol. The van der Waals surface area contributed by atoms with Gasteiger partial charge >= 0.3 is 5.97 Å². The molecule has 0 aliphatic heterocycles. The number of esters is 1. The minimum atomic E-state index is -1.18. The van der Waals surface area contributed by atoms with Gasteiger partial charge in [-0.15, -0.1) is 0 Å². The van der Waals surface area contributed by atoms with Crippen molar-refractivity contribution in [3.05, 3.63) is 30.3 Å². The Bertz CT molecular complexity index is 351. The number of ether oxygens (including phenoxy) is 1. The Morgan fingerprint density at radius 2 is 2.00 bits per heavy atom. The van der Waals surface area contributed by atoms with E-state index < -0.39 is 5.67 Å². The molecule has 1 aromatic rings. The maximum absolute atomic E-state index is 13.1. The monoisotopic (exact) mass is 208 g/mol. The minimum Gasteiger partial charge on any atom is -0.426 e. The van der Waals surface area contributed by atoms with Crippen molar-refractivity contribution in [3.8, 4) is 5.75 Å². The van der Waals surface area contributed by atoms with Crippen LogP contribution in [0.5, 0.6) is 5.75 Å². The molecule has 1 fully saturated rings. The van der Waals surface area contributed by atoms with Crippen LogP contribution in [0.25, 0.3) is 0 Å². The van der Waals surface area contributed by atoms with E-state index >= 15 is 0 Å². The van der Waals surface area contributed by atoms with Gasteiger partial charge in [0.25, 0.3) is 0 Å². The van der Waals surface area contributed by atoms with Crippen molar-refractivity contribution in [1.82, 2.24) is 0 Å². The Hall–Kier alpha value is -1.38. The van der Waals surface area contributed by atoms with Crippen LogP contribution in [0.2, 0.25) is 0 Å². The normalized spacial score (nSPS) is 29.3. The van der Waals surface area contributed by atoms with E-state index in [-0.39, 0.29) is 24.7 Å². The van der Waals surface area contributed by atoms with E-state index in [1.54, 1.807) is 24.3 Å². The third kappa shape index (κ3) is 2.35. The second kappa shape index (κ2) is 3.65. The fourth-order valence-electron chi connectivity index (χ4n) is 1.82. The van der Waals surface area contributed by atoms with E-state index in [9.17, 15) is 9.18 Å². The first-order valence-corrected chi connectivity index (χ1v) is 5.02. The number of alkyl halides is 1. The van der Waals surface area contributed by atoms with Gasteiger partial charge in [0.05, 0.1) is 5.92 Å². The SMILES string of the molecule is CC1(F)CC(C(=O)Oc2ccccc2)C1. The number of para-hydroxylation sites is 1. The first-order valence-electron chi connectivity index (χ1n) is 5.02. The lowest BCUT2D eigenvalue weighted by molar-refractivity contribution is -0.147. The molecule has 0 radical (unpaired) electrons. The fraction of sp³-hybridized carbons (Fsp3) is 0.417. The Morgan fingerprint density at radius 3 is 2.53 bits per heavy atom. The van der Waals surface area contributed by atoms with Crippen molar-refractivity contribution in [2.45, 2.75) is 25.4 Å². The third-order valence-electron chi connectivity index (χ3n) is 2.64. The predicted octanol–water partition coefficient (Wildman–Crippen LogP) is 2.73. The molecule has 0 aromatic heterocycles. The topological polar surface area (TPSA) is 26.3 Å². The second-order valence-corrected chi connectivity index (χ2v) is 4.25. The molecule has 0 bridgehead atoms. The summed E-state index contributed by atoms with van der Waals surface area (Å²) in [5, 5.41) is 0. The van der Waals surface area contributed by atoms with Gasteiger partial charge in [-0.3, -0.25) is 4.79 Å². The summed E-state index contributed by atoms with van der Waals surface area (Å²) in [6, 6.07) is 8.86. The maximum atomic E-state index is 13.1. The quantitative estimate of drug-likeness (QED) is 0.551. The Morgan fingerprint density at radius 1 is 1.40 bits per heavy atom. The molecule has 1 saturated carbocycles. The lowest BCUT2D eigenvalue weighted by Crippen LogP contribution is -2.42. The molecule has 0 heterocycles. The van der Waals surface area contributed by atoms with Gasteiger partial charge in [-0.2, -0.15) is 0 Å². The van der Waals surface area contributed by atoms with Crippen LogP contribution in [0, 0.1) is 5.92 Å². The number of halogens is 1. The van der Waals surface area contributed by atoms with Gasteiger partial charge in [-0.05, 0) is 31.9 Å². The van der Waals surface area contributed by atoms with Crippen LogP contribution in [0.4, 0.5) is 4.39 Å². The Balaban J connectivity index is 1.89. The number of carbonyl (C=O) groups excluding carboxylic acids is 1. The summed E-state index contributed by atoms with van der Waals surface area (Å²) in [6.07, 6.45) is 0.553. The van der Waals surface area contributed by atoms with Gasteiger partial charge in [0.15, 0.2) is 0 Å². The zero-order valence-electron chi connectivity index (χ0n) is 8.57. The molecular weight excluding hydrogens is 195 g/mol. The Labute approximate surface area is 88.1 Å². The van der Waals surface area contributed by atoms with E-state index in [1.807, 2.05) is 6.07 Å². The molecule has 0 spiro atoms. The van der Waals surface area contributed by atoms with Crippen LogP contribution < -0.4 is 4.74 Å². The molecule has 1 aromatic carbocycles. The zero-order chi connectivity index (χ0) is 10.9. The van der Waals surface area contributed by atoms with Gasteiger partial charge in [0.1, 0.15) is 11.4 Å². The van der Waals surface area contributed by atoms with Crippen molar-refractivity contribution >= 4 is 5.97 Å². The minimum absolute atomic E-state index is 0.276. The van der Waals surface area contributed by atoms with Gasteiger partial charge in [-0.25, -0.2) is 4.39 Å². The van der Waals surface area contributed by atoms with E-state index in [1.165, 1.54) is 6.92 Å². The highest BCUT2D eigenvalue weighted by atomic mass is 19.1. The number of carbonyl (C=O) groups is 1. The van der Waals surface area contributed by atoms with Crippen molar-refractivity contribution in [1.29, 1.82) is 0 Å². The van der Waals surface area contributed by atoms with Crippen LogP contribution in [0.1, 0.15) is 19.8 Å². The average Bonchev–Trinajstić information content (AvgIpc) is 2.15. The number of benzene rings is 1. The summed E-state index contributed by atoms with van der Waals surface area (Å²) in [6.45, 7) is 1.51. The highest BCUT2D eigenvalue weighted by Gasteiger charge is 2.45. The van der Waals surface area contributed by atoms with E-state index in [0.29, 0.717) is 5.75 Å². The summed E-state index contributed by atoms with van der Waals surface area (Å²) in [5.74, 6) is -0.0773. The molecule has 3 heteroatoms. The molecule has 1 aliphatic carbocycles. The van der Waals surface area contributed by atoms with Gasteiger partial charge in [0, 0.05) is 0 Å². The van der Waals surface area contributed by atoms with Gasteiger partial charge in [0.2, 0.25) is 0 Å². The van der Waals surface area contributed by atoms with Crippen LogP contribution in [-0.4, -0.2) is 11.6 Å². The standard InChI is InChI=1S/C12H13FO2/c1-12(13)7-9(8-12)11(14)15-10-5-3-2-4-6-10/h2-6,9H,7-8H2,1H3. The van der Waals surface area contributed by atoms with Crippen LogP contribution in [-0.2, 0) is 4.79 Å². The highest BCUT2D eigenvalue weighted by molar-refractivity contribution is 5.76. The summed E-state index contributed by atoms with van der Waals surface area (Å²) in [7, 11) is 0. The third-order valence-corrected chi connectivity index (χ3v) is 2.64. The lowest BCUT2D eigenvalue weighted by Gasteiger charge is -2.36. The largest absolute Gasteiger partial charge is 0.426 e. The molecule has 0 saturated heterocycles. The van der Waals surface area contributed by atoms with Gasteiger partial charge in [-0.1, -0.05) is 18.2 Å². The second-order valence-electron chi connectivity index (χ2n) is 4.25. The molecule has 80 valence electrons. The molecule has 15 heavy (non-hydrogen) atoms. The number of hydrogen-bond donors (Lipinski definition) is 0. The summed E-state index contributed by atoms with van der Waals surface area (Å²) < 4.78 is 18.3. The Kier molecular flexibility index (Phi) is 2.47. The van der Waals surface area contributed by atoms with Crippen molar-refractivity contribution in [3.63, 3.8) is 0 Å². The molecule has 2 nitrogen and oxygen atoms in total. The molecule has 0 N–H and O–H groups in total. The fourth-order valence-corrected chi connectivity index (χ4v) is 1.82. The summed E-state index contributed by atoms with van der Waals surface area (Å²) in [4.78, 5) is 11.5. The zero-order valence-corrected chi connectivity index (χ0v) is 8.57. The highest BCUT2D eigenvalue weighted by Crippen LogP contribution is 2.41. The van der Waals surface area contributed by atoms with Gasteiger partial charge < -0.3 is 4.74 Å². The van der Waals surface area contributed by atoms with E-state index in [4.69, 9.17) is 4.74 Å². The van der Waals surface area contributed by atoms with Crippen molar-refractivity contribution in [2.24, 2.45) is 5.92 Å². The van der Waals surface area contributed by atoms with Crippen molar-refractivity contribution in [2.75, 3.05) is 0 Å². The van der Waals surface area contributed by atoms with Crippen molar-refractivity contribution < 1.29 is 13.9 Å². The van der Waals surface area contributed by atoms with Crippen LogP contribution in [0.15, 0.2) is 30.3 Å². The lowest BCUT2D eigenvalue weighted by atomic mass is 9.73. The van der Waals surface area contributed by atoms with E-state index in [2.05, 4.69) is 0 Å². The maximum Gasteiger partial charge on any atom is 0.314 e. The molecular formula is C12H13FO2. The molecule has 0 amide bonds. The molecule has 0 unspecified atom stereocenters. The molecule has 0 atom stereocenters. The summed E-state index contributed by atoms with van der Waals surface area (Å²) in [5.41, 5.74) is -1.18. The van der Waals surface area contributed by atoms with Crippen LogP contribution in [0.3, 0.4) is 0 Å². The first kappa shape index (κ1) is 10.1. The van der Waals surface area contributed by atoms with Crippen LogP contribution >= 0.6 is 0 Å². The molecule has 2 rings (SSSR count). The summed E-state index contributed by atoms with van der Waals surface area (Å²) >= 11 is 0.